The van der Waals surface area contributed by atoms with Crippen LogP contribution in [-0.2, 0) is 6.54 Å². The highest BCUT2D eigenvalue weighted by molar-refractivity contribution is 6.03. The van der Waals surface area contributed by atoms with Crippen LogP contribution in [0, 0.1) is 6.92 Å². The van der Waals surface area contributed by atoms with Crippen LogP contribution in [0.1, 0.15) is 21.5 Å². The van der Waals surface area contributed by atoms with Crippen molar-refractivity contribution in [1.82, 2.24) is 9.97 Å². The van der Waals surface area contributed by atoms with Crippen molar-refractivity contribution >= 4 is 17.5 Å². The van der Waals surface area contributed by atoms with Gasteiger partial charge in [-0.1, -0.05) is 48.0 Å². The Bertz CT molecular complexity index is 799. The summed E-state index contributed by atoms with van der Waals surface area (Å²) in [5.41, 5.74) is 3.53. The third kappa shape index (κ3) is 4.16. The number of para-hydroxylation sites is 1. The van der Waals surface area contributed by atoms with E-state index in [0.717, 1.165) is 11.3 Å². The number of aromatic nitrogens is 2. The van der Waals surface area contributed by atoms with Crippen LogP contribution in [0.5, 0.6) is 0 Å². The van der Waals surface area contributed by atoms with E-state index in [-0.39, 0.29) is 5.91 Å². The van der Waals surface area contributed by atoms with E-state index in [1.807, 2.05) is 30.3 Å². The number of rotatable bonds is 5. The van der Waals surface area contributed by atoms with Gasteiger partial charge in [-0.2, -0.15) is 0 Å². The lowest BCUT2D eigenvalue weighted by Crippen LogP contribution is -2.13. The van der Waals surface area contributed by atoms with Gasteiger partial charge in [-0.15, -0.1) is 0 Å². The number of benzene rings is 2. The zero-order chi connectivity index (χ0) is 16.8. The molecule has 3 aromatic rings. The molecule has 3 rings (SSSR count). The summed E-state index contributed by atoms with van der Waals surface area (Å²) in [6.45, 7) is 2.69. The molecule has 0 atom stereocenters. The third-order valence-electron chi connectivity index (χ3n) is 3.52. The van der Waals surface area contributed by atoms with E-state index in [4.69, 9.17) is 0 Å². The normalized spacial score (nSPS) is 10.2. The summed E-state index contributed by atoms with van der Waals surface area (Å²) in [6.07, 6.45) is 3.03. The Morgan fingerprint density at radius 3 is 2.29 bits per heavy atom. The largest absolute Gasteiger partial charge is 0.350 e. The molecule has 5 heteroatoms. The minimum atomic E-state index is -0.230. The maximum Gasteiger partial charge on any atom is 0.258 e. The first-order valence-corrected chi connectivity index (χ1v) is 7.68. The number of hydrogen-bond donors (Lipinski definition) is 2. The molecule has 2 aromatic carbocycles. The van der Waals surface area contributed by atoms with Crippen LogP contribution < -0.4 is 10.6 Å². The molecule has 0 saturated carbocycles. The molecular formula is C19H18N4O. The van der Waals surface area contributed by atoms with Crippen molar-refractivity contribution in [3.63, 3.8) is 0 Å². The van der Waals surface area contributed by atoms with Crippen LogP contribution in [0.15, 0.2) is 67.0 Å². The molecule has 1 heterocycles. The Labute approximate surface area is 140 Å². The van der Waals surface area contributed by atoms with Crippen molar-refractivity contribution in [3.05, 3.63) is 83.7 Å². The molecule has 0 aliphatic rings. The number of carbonyl (C=O) groups excluding carboxylic acids is 1. The van der Waals surface area contributed by atoms with Crippen LogP contribution in [-0.4, -0.2) is 15.9 Å². The highest BCUT2D eigenvalue weighted by atomic mass is 16.1. The van der Waals surface area contributed by atoms with Gasteiger partial charge in [-0.3, -0.25) is 4.79 Å². The third-order valence-corrected chi connectivity index (χ3v) is 3.52. The van der Waals surface area contributed by atoms with Crippen LogP contribution in [0.25, 0.3) is 0 Å². The van der Waals surface area contributed by atoms with E-state index in [1.165, 1.54) is 18.0 Å². The van der Waals surface area contributed by atoms with E-state index in [9.17, 15) is 4.79 Å². The molecule has 0 spiro atoms. The number of nitrogens with zero attached hydrogens (tertiary/aromatic N) is 2. The zero-order valence-electron chi connectivity index (χ0n) is 13.4. The molecule has 0 aliphatic carbocycles. The standard InChI is InChI=1S/C19H18N4O/c1-14-7-9-15(10-8-14)11-20-19-21-12-16(13-22-19)18(24)23-17-5-3-2-4-6-17/h2-10,12-13H,11H2,1H3,(H,23,24)(H,20,21,22). The van der Waals surface area contributed by atoms with Crippen LogP contribution in [0.4, 0.5) is 11.6 Å². The van der Waals surface area contributed by atoms with Gasteiger partial charge in [-0.05, 0) is 24.6 Å². The average Bonchev–Trinajstić information content (AvgIpc) is 2.62. The second-order valence-electron chi connectivity index (χ2n) is 5.45. The molecule has 0 fully saturated rings. The topological polar surface area (TPSA) is 66.9 Å². The van der Waals surface area contributed by atoms with Gasteiger partial charge in [0.2, 0.25) is 5.95 Å². The second-order valence-corrected chi connectivity index (χ2v) is 5.45. The molecule has 0 saturated heterocycles. The Morgan fingerprint density at radius 1 is 0.958 bits per heavy atom. The maximum absolute atomic E-state index is 12.1. The number of carbonyl (C=O) groups is 1. The predicted molar refractivity (Wildman–Crippen MR) is 94.9 cm³/mol. The predicted octanol–water partition coefficient (Wildman–Crippen LogP) is 3.65. The van der Waals surface area contributed by atoms with E-state index in [2.05, 4.69) is 51.8 Å². The maximum atomic E-state index is 12.1. The van der Waals surface area contributed by atoms with Gasteiger partial charge >= 0.3 is 0 Å². The summed E-state index contributed by atoms with van der Waals surface area (Å²) >= 11 is 0. The quantitative estimate of drug-likeness (QED) is 0.753. The number of anilines is 2. The fourth-order valence-electron chi connectivity index (χ4n) is 2.15. The highest BCUT2D eigenvalue weighted by Gasteiger charge is 2.07. The summed E-state index contributed by atoms with van der Waals surface area (Å²) in [5, 5.41) is 5.94. The molecule has 0 radical (unpaired) electrons. The molecule has 24 heavy (non-hydrogen) atoms. The molecule has 0 bridgehead atoms. The molecule has 120 valence electrons. The Morgan fingerprint density at radius 2 is 1.62 bits per heavy atom. The lowest BCUT2D eigenvalue weighted by atomic mass is 10.1. The second kappa shape index (κ2) is 7.37. The number of hydrogen-bond acceptors (Lipinski definition) is 4. The molecular weight excluding hydrogens is 300 g/mol. The average molecular weight is 318 g/mol. The first-order valence-electron chi connectivity index (χ1n) is 7.68. The fourth-order valence-corrected chi connectivity index (χ4v) is 2.15. The van der Waals surface area contributed by atoms with E-state index >= 15 is 0 Å². The summed E-state index contributed by atoms with van der Waals surface area (Å²) in [6, 6.07) is 17.5. The number of nitrogens with one attached hydrogen (secondary N) is 2. The van der Waals surface area contributed by atoms with Gasteiger partial charge in [0.1, 0.15) is 0 Å². The van der Waals surface area contributed by atoms with Crippen molar-refractivity contribution < 1.29 is 4.79 Å². The molecule has 5 nitrogen and oxygen atoms in total. The van der Waals surface area contributed by atoms with Gasteiger partial charge < -0.3 is 10.6 Å². The first-order chi connectivity index (χ1) is 11.7. The van der Waals surface area contributed by atoms with E-state index in [0.29, 0.717) is 18.1 Å². The van der Waals surface area contributed by atoms with Crippen LogP contribution in [0.2, 0.25) is 0 Å². The lowest BCUT2D eigenvalue weighted by molar-refractivity contribution is 0.102. The summed E-state index contributed by atoms with van der Waals surface area (Å²) < 4.78 is 0. The van der Waals surface area contributed by atoms with Gasteiger partial charge in [0.25, 0.3) is 5.91 Å². The number of aryl methyl sites for hydroxylation is 1. The van der Waals surface area contributed by atoms with Gasteiger partial charge in [0.05, 0.1) is 5.56 Å². The highest BCUT2D eigenvalue weighted by Crippen LogP contribution is 2.09. The molecule has 1 amide bonds. The minimum absolute atomic E-state index is 0.230. The van der Waals surface area contributed by atoms with Crippen LogP contribution in [0.3, 0.4) is 0 Å². The monoisotopic (exact) mass is 318 g/mol. The Hall–Kier alpha value is -3.21. The van der Waals surface area contributed by atoms with Gasteiger partial charge in [-0.25, -0.2) is 9.97 Å². The van der Waals surface area contributed by atoms with E-state index < -0.39 is 0 Å². The fraction of sp³-hybridized carbons (Fsp3) is 0.105. The van der Waals surface area contributed by atoms with Gasteiger partial charge in [0.15, 0.2) is 0 Å². The molecule has 0 unspecified atom stereocenters. The summed E-state index contributed by atoms with van der Waals surface area (Å²) in [5.74, 6) is 0.262. The smallest absolute Gasteiger partial charge is 0.258 e. The Balaban J connectivity index is 1.58. The van der Waals surface area contributed by atoms with E-state index in [1.54, 1.807) is 0 Å². The SMILES string of the molecule is Cc1ccc(CNc2ncc(C(=O)Nc3ccccc3)cn2)cc1. The zero-order valence-corrected chi connectivity index (χ0v) is 13.4. The van der Waals surface area contributed by atoms with Crippen molar-refractivity contribution in [2.24, 2.45) is 0 Å². The van der Waals surface area contributed by atoms with Crippen molar-refractivity contribution in [2.75, 3.05) is 10.6 Å². The van der Waals surface area contributed by atoms with Crippen molar-refractivity contribution in [3.8, 4) is 0 Å². The molecule has 0 aliphatic heterocycles. The Kier molecular flexibility index (Phi) is 4.81. The molecule has 2 N–H and O–H groups in total. The van der Waals surface area contributed by atoms with Crippen molar-refractivity contribution in [1.29, 1.82) is 0 Å². The van der Waals surface area contributed by atoms with Crippen molar-refractivity contribution in [2.45, 2.75) is 13.5 Å². The molecule has 1 aromatic heterocycles. The first kappa shape index (κ1) is 15.7. The summed E-state index contributed by atoms with van der Waals surface area (Å²) in [7, 11) is 0. The number of amides is 1. The van der Waals surface area contributed by atoms with Crippen LogP contribution >= 0.6 is 0 Å². The van der Waals surface area contributed by atoms with Gasteiger partial charge in [0, 0.05) is 24.6 Å². The lowest BCUT2D eigenvalue weighted by Gasteiger charge is -2.07. The minimum Gasteiger partial charge on any atom is -0.350 e. The summed E-state index contributed by atoms with van der Waals surface area (Å²) in [4.78, 5) is 20.5.